The van der Waals surface area contributed by atoms with Crippen LogP contribution in [-0.2, 0) is 0 Å². The molecular formula is C12H18N2O3. The van der Waals surface area contributed by atoms with E-state index >= 15 is 0 Å². The van der Waals surface area contributed by atoms with Gasteiger partial charge in [0.25, 0.3) is 0 Å². The molecule has 0 spiro atoms. The van der Waals surface area contributed by atoms with E-state index in [1.807, 2.05) is 19.0 Å². The molecule has 0 aliphatic carbocycles. The Hall–Kier alpha value is -1.75. The lowest BCUT2D eigenvalue weighted by molar-refractivity contribution is 0.0693. The maximum Gasteiger partial charge on any atom is 0.341 e. The predicted octanol–water partition coefficient (Wildman–Crippen LogP) is 1.30. The summed E-state index contributed by atoms with van der Waals surface area (Å²) in [4.78, 5) is 13.1. The first-order valence-corrected chi connectivity index (χ1v) is 5.41. The van der Waals surface area contributed by atoms with Crippen molar-refractivity contribution in [3.8, 4) is 5.75 Å². The number of aromatic carboxylic acids is 1. The summed E-state index contributed by atoms with van der Waals surface area (Å²) in [5.74, 6) is -0.734. The Bertz CT molecular complexity index is 391. The summed E-state index contributed by atoms with van der Waals surface area (Å²) in [6.45, 7) is 1.37. The van der Waals surface area contributed by atoms with Gasteiger partial charge in [0, 0.05) is 12.2 Å². The van der Waals surface area contributed by atoms with Crippen molar-refractivity contribution in [1.29, 1.82) is 0 Å². The minimum atomic E-state index is -1.06. The van der Waals surface area contributed by atoms with Gasteiger partial charge in [-0.1, -0.05) is 6.07 Å². The van der Waals surface area contributed by atoms with Crippen molar-refractivity contribution in [3.05, 3.63) is 23.8 Å². The number of nitrogens with two attached hydrogens (primary N) is 1. The SMILES string of the molecule is CN(C)CCCOc1cccc(N)c1C(=O)O. The molecule has 1 rings (SSSR count). The Kier molecular flexibility index (Phi) is 4.78. The molecule has 0 unspecified atom stereocenters. The lowest BCUT2D eigenvalue weighted by atomic mass is 10.1. The van der Waals surface area contributed by atoms with E-state index < -0.39 is 5.97 Å². The second kappa shape index (κ2) is 6.10. The number of hydrogen-bond acceptors (Lipinski definition) is 4. The van der Waals surface area contributed by atoms with E-state index in [4.69, 9.17) is 15.6 Å². The Balaban J connectivity index is 2.64. The van der Waals surface area contributed by atoms with Crippen molar-refractivity contribution in [2.75, 3.05) is 33.0 Å². The normalized spacial score (nSPS) is 10.5. The van der Waals surface area contributed by atoms with E-state index in [1.54, 1.807) is 18.2 Å². The molecule has 0 amide bonds. The fourth-order valence-electron chi connectivity index (χ4n) is 1.46. The molecule has 0 aliphatic rings. The number of ether oxygens (including phenoxy) is 1. The molecule has 17 heavy (non-hydrogen) atoms. The molecule has 0 saturated carbocycles. The van der Waals surface area contributed by atoms with Gasteiger partial charge in [0.15, 0.2) is 0 Å². The number of nitrogen functional groups attached to an aromatic ring is 1. The Morgan fingerprint density at radius 2 is 2.18 bits per heavy atom. The molecule has 1 aromatic rings. The van der Waals surface area contributed by atoms with Gasteiger partial charge < -0.3 is 20.5 Å². The third kappa shape index (κ3) is 3.96. The average molecular weight is 238 g/mol. The molecular weight excluding hydrogens is 220 g/mol. The van der Waals surface area contributed by atoms with Crippen LogP contribution in [-0.4, -0.2) is 43.2 Å². The fraction of sp³-hybridized carbons (Fsp3) is 0.417. The number of carboxylic acid groups (broad SMARTS) is 1. The minimum Gasteiger partial charge on any atom is -0.493 e. The van der Waals surface area contributed by atoms with Gasteiger partial charge >= 0.3 is 5.97 Å². The van der Waals surface area contributed by atoms with Crippen LogP contribution < -0.4 is 10.5 Å². The number of benzene rings is 1. The van der Waals surface area contributed by atoms with Crippen molar-refractivity contribution in [2.24, 2.45) is 0 Å². The number of carbonyl (C=O) groups is 1. The average Bonchev–Trinajstić information content (AvgIpc) is 2.23. The molecule has 0 saturated heterocycles. The molecule has 0 bridgehead atoms. The molecule has 0 aromatic heterocycles. The zero-order chi connectivity index (χ0) is 12.8. The van der Waals surface area contributed by atoms with Crippen LogP contribution in [0.15, 0.2) is 18.2 Å². The van der Waals surface area contributed by atoms with Crippen LogP contribution in [0.25, 0.3) is 0 Å². The highest BCUT2D eigenvalue weighted by atomic mass is 16.5. The number of nitrogens with zero attached hydrogens (tertiary/aromatic N) is 1. The largest absolute Gasteiger partial charge is 0.493 e. The summed E-state index contributed by atoms with van der Waals surface area (Å²) >= 11 is 0. The minimum absolute atomic E-state index is 0.0392. The van der Waals surface area contributed by atoms with Gasteiger partial charge in [0.05, 0.1) is 6.61 Å². The molecule has 0 aliphatic heterocycles. The van der Waals surface area contributed by atoms with E-state index in [1.165, 1.54) is 0 Å². The molecule has 94 valence electrons. The van der Waals surface area contributed by atoms with E-state index in [2.05, 4.69) is 0 Å². The summed E-state index contributed by atoms with van der Waals surface area (Å²) in [5.41, 5.74) is 5.87. The summed E-state index contributed by atoms with van der Waals surface area (Å²) in [7, 11) is 3.95. The third-order valence-corrected chi connectivity index (χ3v) is 2.28. The monoisotopic (exact) mass is 238 g/mol. The van der Waals surface area contributed by atoms with E-state index in [-0.39, 0.29) is 11.3 Å². The maximum absolute atomic E-state index is 11.0. The highest BCUT2D eigenvalue weighted by Gasteiger charge is 2.14. The number of carboxylic acids is 1. The molecule has 0 atom stereocenters. The molecule has 5 nitrogen and oxygen atoms in total. The molecule has 0 heterocycles. The summed E-state index contributed by atoms with van der Waals surface area (Å²) in [6.07, 6.45) is 0.834. The Morgan fingerprint density at radius 3 is 2.76 bits per heavy atom. The van der Waals surface area contributed by atoms with Crippen LogP contribution in [0.3, 0.4) is 0 Å². The van der Waals surface area contributed by atoms with E-state index in [9.17, 15) is 4.79 Å². The molecule has 1 aromatic carbocycles. The Labute approximate surface area is 101 Å². The van der Waals surface area contributed by atoms with E-state index in [0.29, 0.717) is 12.4 Å². The summed E-state index contributed by atoms with van der Waals surface area (Å²) in [6, 6.07) is 4.86. The molecule has 3 N–H and O–H groups in total. The first-order chi connectivity index (χ1) is 8.02. The van der Waals surface area contributed by atoms with Crippen molar-refractivity contribution in [3.63, 3.8) is 0 Å². The maximum atomic E-state index is 11.0. The zero-order valence-electron chi connectivity index (χ0n) is 10.1. The standard InChI is InChI=1S/C12H18N2O3/c1-14(2)7-4-8-17-10-6-3-5-9(13)11(10)12(15)16/h3,5-6H,4,7-8,13H2,1-2H3,(H,15,16). The second-order valence-corrected chi connectivity index (χ2v) is 4.03. The van der Waals surface area contributed by atoms with Gasteiger partial charge in [-0.3, -0.25) is 0 Å². The van der Waals surface area contributed by atoms with Crippen LogP contribution in [0, 0.1) is 0 Å². The van der Waals surface area contributed by atoms with Gasteiger partial charge in [0.1, 0.15) is 11.3 Å². The van der Waals surface area contributed by atoms with Crippen molar-refractivity contribution >= 4 is 11.7 Å². The third-order valence-electron chi connectivity index (χ3n) is 2.28. The topological polar surface area (TPSA) is 75.8 Å². The van der Waals surface area contributed by atoms with Crippen LogP contribution >= 0.6 is 0 Å². The first-order valence-electron chi connectivity index (χ1n) is 5.41. The quantitative estimate of drug-likeness (QED) is 0.577. The smallest absolute Gasteiger partial charge is 0.341 e. The number of anilines is 1. The second-order valence-electron chi connectivity index (χ2n) is 4.03. The highest BCUT2D eigenvalue weighted by molar-refractivity contribution is 5.96. The summed E-state index contributed by atoms with van der Waals surface area (Å²) < 4.78 is 5.44. The number of rotatable bonds is 6. The highest BCUT2D eigenvalue weighted by Crippen LogP contribution is 2.24. The van der Waals surface area contributed by atoms with Gasteiger partial charge in [-0.2, -0.15) is 0 Å². The fourth-order valence-corrected chi connectivity index (χ4v) is 1.46. The molecule has 5 heteroatoms. The van der Waals surface area contributed by atoms with Crippen molar-refractivity contribution < 1.29 is 14.6 Å². The van der Waals surface area contributed by atoms with Crippen LogP contribution in [0.2, 0.25) is 0 Å². The van der Waals surface area contributed by atoms with Crippen LogP contribution in [0.4, 0.5) is 5.69 Å². The van der Waals surface area contributed by atoms with Crippen molar-refractivity contribution in [2.45, 2.75) is 6.42 Å². The predicted molar refractivity (Wildman–Crippen MR) is 66.5 cm³/mol. The lowest BCUT2D eigenvalue weighted by Crippen LogP contribution is -2.16. The van der Waals surface area contributed by atoms with Crippen LogP contribution in [0.5, 0.6) is 5.75 Å². The first kappa shape index (κ1) is 13.3. The molecule has 0 fully saturated rings. The van der Waals surface area contributed by atoms with Gasteiger partial charge in [0.2, 0.25) is 0 Å². The van der Waals surface area contributed by atoms with Gasteiger partial charge in [-0.05, 0) is 32.6 Å². The van der Waals surface area contributed by atoms with Gasteiger partial charge in [-0.15, -0.1) is 0 Å². The van der Waals surface area contributed by atoms with Crippen molar-refractivity contribution in [1.82, 2.24) is 4.90 Å². The number of hydrogen-bond donors (Lipinski definition) is 2. The summed E-state index contributed by atoms with van der Waals surface area (Å²) in [5, 5.41) is 9.02. The van der Waals surface area contributed by atoms with E-state index in [0.717, 1.165) is 13.0 Å². The zero-order valence-corrected chi connectivity index (χ0v) is 10.1. The van der Waals surface area contributed by atoms with Gasteiger partial charge in [-0.25, -0.2) is 4.79 Å². The van der Waals surface area contributed by atoms with Crippen LogP contribution in [0.1, 0.15) is 16.8 Å². The Morgan fingerprint density at radius 1 is 1.47 bits per heavy atom. The lowest BCUT2D eigenvalue weighted by Gasteiger charge is -2.12. The molecule has 0 radical (unpaired) electrons.